The molecule has 0 bridgehead atoms. The average Bonchev–Trinajstić information content (AvgIpc) is 3.23. The van der Waals surface area contributed by atoms with Crippen LogP contribution in [0.3, 0.4) is 0 Å². The van der Waals surface area contributed by atoms with Crippen LogP contribution in [-0.4, -0.2) is 25.0 Å². The van der Waals surface area contributed by atoms with E-state index in [0.29, 0.717) is 25.0 Å². The van der Waals surface area contributed by atoms with Crippen molar-refractivity contribution in [2.24, 2.45) is 5.73 Å². The van der Waals surface area contributed by atoms with Crippen molar-refractivity contribution < 1.29 is 9.47 Å². The van der Waals surface area contributed by atoms with Crippen molar-refractivity contribution in [2.75, 3.05) is 6.79 Å². The van der Waals surface area contributed by atoms with Crippen LogP contribution in [-0.2, 0) is 9.47 Å². The summed E-state index contributed by atoms with van der Waals surface area (Å²) < 4.78 is 10.5. The van der Waals surface area contributed by atoms with Crippen LogP contribution < -0.4 is 5.73 Å². The molecule has 0 aromatic rings. The van der Waals surface area contributed by atoms with Gasteiger partial charge in [-0.1, -0.05) is 83.1 Å². The van der Waals surface area contributed by atoms with E-state index in [1.807, 2.05) is 0 Å². The highest BCUT2D eigenvalue weighted by molar-refractivity contribution is 4.92. The van der Waals surface area contributed by atoms with Gasteiger partial charge in [0.1, 0.15) is 6.79 Å². The Morgan fingerprint density at radius 3 is 1.78 bits per heavy atom. The highest BCUT2D eigenvalue weighted by Crippen LogP contribution is 2.28. The Morgan fingerprint density at radius 2 is 1.19 bits per heavy atom. The van der Waals surface area contributed by atoms with Gasteiger partial charge in [0, 0.05) is 6.04 Å². The molecule has 1 aliphatic carbocycles. The van der Waals surface area contributed by atoms with E-state index in [-0.39, 0.29) is 0 Å². The Kier molecular flexibility index (Phi) is 15.8. The van der Waals surface area contributed by atoms with Crippen LogP contribution in [0.5, 0.6) is 0 Å². The van der Waals surface area contributed by atoms with Crippen LogP contribution in [0.25, 0.3) is 0 Å². The first-order valence-corrected chi connectivity index (χ1v) is 11.6. The van der Waals surface area contributed by atoms with Crippen LogP contribution in [0.2, 0.25) is 0 Å². The van der Waals surface area contributed by atoms with Gasteiger partial charge >= 0.3 is 0 Å². The molecule has 0 aromatic carbocycles. The first kappa shape index (κ1) is 24.4. The molecule has 2 fully saturated rings. The van der Waals surface area contributed by atoms with E-state index in [0.717, 1.165) is 19.3 Å². The van der Waals surface area contributed by atoms with E-state index in [1.165, 1.54) is 70.6 Å². The van der Waals surface area contributed by atoms with Crippen molar-refractivity contribution in [1.29, 1.82) is 0 Å². The van der Waals surface area contributed by atoms with Crippen LogP contribution in [0.1, 0.15) is 104 Å². The molecular formula is C24H45NO2. The fraction of sp³-hybridized carbons (Fsp3) is 0.833. The fourth-order valence-corrected chi connectivity index (χ4v) is 3.62. The Labute approximate surface area is 168 Å². The Hall–Kier alpha value is -0.640. The fourth-order valence-electron chi connectivity index (χ4n) is 3.62. The molecule has 1 heterocycles. The van der Waals surface area contributed by atoms with Crippen molar-refractivity contribution in [1.82, 2.24) is 0 Å². The molecule has 158 valence electrons. The number of allylic oxidation sites excluding steroid dienone is 4. The van der Waals surface area contributed by atoms with Gasteiger partial charge < -0.3 is 15.2 Å². The molecule has 0 aromatic heterocycles. The predicted octanol–water partition coefficient (Wildman–Crippen LogP) is 6.67. The van der Waals surface area contributed by atoms with Gasteiger partial charge in [-0.05, 0) is 44.9 Å². The molecule has 2 N–H and O–H groups in total. The zero-order valence-corrected chi connectivity index (χ0v) is 18.0. The third kappa shape index (κ3) is 13.2. The molecule has 1 saturated heterocycles. The van der Waals surface area contributed by atoms with Crippen LogP contribution >= 0.6 is 0 Å². The molecule has 1 saturated carbocycles. The van der Waals surface area contributed by atoms with Gasteiger partial charge in [0.15, 0.2) is 0 Å². The second-order valence-corrected chi connectivity index (χ2v) is 7.99. The van der Waals surface area contributed by atoms with E-state index < -0.39 is 0 Å². The number of fused-ring (bicyclic) bond motifs is 1. The molecule has 2 rings (SSSR count). The monoisotopic (exact) mass is 379 g/mol. The normalized spacial score (nSPS) is 24.5. The summed E-state index contributed by atoms with van der Waals surface area (Å²) in [6.45, 7) is 5.01. The highest BCUT2D eigenvalue weighted by Gasteiger charge is 2.37. The largest absolute Gasteiger partial charge is 0.349 e. The maximum absolute atomic E-state index is 5.66. The average molecular weight is 380 g/mol. The van der Waals surface area contributed by atoms with Gasteiger partial charge in [-0.2, -0.15) is 0 Å². The summed E-state index contributed by atoms with van der Waals surface area (Å²) in [4.78, 5) is 0. The molecule has 0 amide bonds. The SMILES string of the molecule is CCCCC/C=C\C/C=C\CCCCCCCC.NC1CC2OCOC2C1. The number of hydrogen-bond acceptors (Lipinski definition) is 3. The first-order chi connectivity index (χ1) is 13.3. The standard InChI is InChI=1S/C18H34.C6H11NO2/c1-3-5-7-9-11-13-15-17-18-16-14-12-10-8-6-4-2;7-4-1-5-6(2-4)9-3-8-5/h11,13,17-18H,3-10,12,14-16H2,1-2H3;4-6H,1-3,7H2/b13-11-,18-17-;. The molecule has 27 heavy (non-hydrogen) atoms. The van der Waals surface area contributed by atoms with Crippen LogP contribution in [0, 0.1) is 0 Å². The van der Waals surface area contributed by atoms with E-state index in [1.54, 1.807) is 0 Å². The van der Waals surface area contributed by atoms with Gasteiger partial charge in [0.25, 0.3) is 0 Å². The zero-order chi connectivity index (χ0) is 19.6. The maximum Gasteiger partial charge on any atom is 0.147 e. The third-order valence-corrected chi connectivity index (χ3v) is 5.35. The lowest BCUT2D eigenvalue weighted by atomic mass is 10.1. The van der Waals surface area contributed by atoms with Crippen LogP contribution in [0.4, 0.5) is 0 Å². The third-order valence-electron chi connectivity index (χ3n) is 5.35. The van der Waals surface area contributed by atoms with Gasteiger partial charge in [-0.15, -0.1) is 0 Å². The maximum atomic E-state index is 5.66. The molecule has 3 nitrogen and oxygen atoms in total. The summed E-state index contributed by atoms with van der Waals surface area (Å²) in [6, 6.07) is 0.306. The lowest BCUT2D eigenvalue weighted by molar-refractivity contribution is 0.0272. The second-order valence-electron chi connectivity index (χ2n) is 7.99. The van der Waals surface area contributed by atoms with Crippen molar-refractivity contribution in [3.8, 4) is 0 Å². The number of ether oxygens (including phenoxy) is 2. The van der Waals surface area contributed by atoms with E-state index in [2.05, 4.69) is 38.2 Å². The van der Waals surface area contributed by atoms with E-state index in [9.17, 15) is 0 Å². The minimum atomic E-state index is 0.306. The lowest BCUT2D eigenvalue weighted by Crippen LogP contribution is -2.17. The van der Waals surface area contributed by atoms with E-state index >= 15 is 0 Å². The minimum Gasteiger partial charge on any atom is -0.349 e. The molecule has 0 radical (unpaired) electrons. The number of nitrogens with two attached hydrogens (primary N) is 1. The van der Waals surface area contributed by atoms with Crippen LogP contribution in [0.15, 0.2) is 24.3 Å². The number of unbranched alkanes of at least 4 members (excludes halogenated alkanes) is 9. The number of hydrogen-bond donors (Lipinski definition) is 1. The Morgan fingerprint density at radius 1 is 0.704 bits per heavy atom. The molecule has 3 heteroatoms. The highest BCUT2D eigenvalue weighted by atomic mass is 16.7. The Balaban J connectivity index is 0.000000330. The molecule has 2 atom stereocenters. The van der Waals surface area contributed by atoms with E-state index in [4.69, 9.17) is 15.2 Å². The smallest absolute Gasteiger partial charge is 0.147 e. The molecule has 1 aliphatic heterocycles. The molecule has 2 aliphatic rings. The van der Waals surface area contributed by atoms with Crippen molar-refractivity contribution in [2.45, 2.75) is 122 Å². The molecular weight excluding hydrogens is 334 g/mol. The zero-order valence-electron chi connectivity index (χ0n) is 18.0. The lowest BCUT2D eigenvalue weighted by Gasteiger charge is -2.01. The second kappa shape index (κ2) is 17.5. The predicted molar refractivity (Wildman–Crippen MR) is 117 cm³/mol. The topological polar surface area (TPSA) is 44.5 Å². The summed E-state index contributed by atoms with van der Waals surface area (Å²) >= 11 is 0. The summed E-state index contributed by atoms with van der Waals surface area (Å²) in [7, 11) is 0. The van der Waals surface area contributed by atoms with Crippen molar-refractivity contribution in [3.05, 3.63) is 24.3 Å². The van der Waals surface area contributed by atoms with Gasteiger partial charge in [-0.3, -0.25) is 0 Å². The van der Waals surface area contributed by atoms with Gasteiger partial charge in [0.2, 0.25) is 0 Å². The summed E-state index contributed by atoms with van der Waals surface area (Å²) in [5.41, 5.74) is 5.66. The summed E-state index contributed by atoms with van der Waals surface area (Å²) in [6.07, 6.45) is 28.0. The van der Waals surface area contributed by atoms with Crippen molar-refractivity contribution >= 4 is 0 Å². The summed E-state index contributed by atoms with van der Waals surface area (Å²) in [5.74, 6) is 0. The number of rotatable bonds is 13. The first-order valence-electron chi connectivity index (χ1n) is 11.6. The Bertz CT molecular complexity index is 369. The molecule has 0 spiro atoms. The van der Waals surface area contributed by atoms with Gasteiger partial charge in [-0.25, -0.2) is 0 Å². The quantitative estimate of drug-likeness (QED) is 0.287. The minimum absolute atomic E-state index is 0.306. The van der Waals surface area contributed by atoms with Gasteiger partial charge in [0.05, 0.1) is 12.2 Å². The van der Waals surface area contributed by atoms with Crippen molar-refractivity contribution in [3.63, 3.8) is 0 Å². The molecule has 2 unspecified atom stereocenters. The summed E-state index contributed by atoms with van der Waals surface area (Å²) in [5, 5.41) is 0.